The van der Waals surface area contributed by atoms with Crippen molar-refractivity contribution in [2.45, 2.75) is 39.5 Å². The third-order valence-corrected chi connectivity index (χ3v) is 4.64. The minimum Gasteiger partial charge on any atom is -0.218 e. The van der Waals surface area contributed by atoms with E-state index in [0.29, 0.717) is 28.6 Å². The summed E-state index contributed by atoms with van der Waals surface area (Å²) in [5, 5.41) is 11.1. The van der Waals surface area contributed by atoms with E-state index in [4.69, 9.17) is 0 Å². The summed E-state index contributed by atoms with van der Waals surface area (Å²) in [7, 11) is 0. The van der Waals surface area contributed by atoms with Crippen molar-refractivity contribution in [3.63, 3.8) is 0 Å². The SMILES string of the molecule is CCc1cc(C)n([NH+]2N=C(C(F)(F)F)C(n3nc(C(F)(F)F)cc3Br)=C2C)n1. The molecule has 1 N–H and O–H groups in total. The normalized spacial score (nSPS) is 18.2. The molecular weight excluding hydrogens is 458 g/mol. The minimum absolute atomic E-state index is 0.00120. The first-order valence-electron chi connectivity index (χ1n) is 7.98. The summed E-state index contributed by atoms with van der Waals surface area (Å²) < 4.78 is 80.0. The predicted octanol–water partition coefficient (Wildman–Crippen LogP) is 3.20. The van der Waals surface area contributed by atoms with E-state index in [1.807, 2.05) is 6.92 Å². The van der Waals surface area contributed by atoms with Crippen LogP contribution in [0.2, 0.25) is 0 Å². The summed E-state index contributed by atoms with van der Waals surface area (Å²) in [5.41, 5.74) is -2.05. The smallest absolute Gasteiger partial charge is 0.218 e. The van der Waals surface area contributed by atoms with Gasteiger partial charge in [0.25, 0.3) is 0 Å². The Morgan fingerprint density at radius 3 is 2.14 bits per heavy atom. The number of allylic oxidation sites excluding steroid dienone is 2. The number of alkyl halides is 6. The van der Waals surface area contributed by atoms with Crippen LogP contribution >= 0.6 is 15.9 Å². The number of hydrogen-bond acceptors (Lipinski definition) is 3. The van der Waals surface area contributed by atoms with E-state index < -0.39 is 29.5 Å². The number of halogens is 7. The van der Waals surface area contributed by atoms with Crippen molar-refractivity contribution in [2.24, 2.45) is 5.10 Å². The van der Waals surface area contributed by atoms with E-state index in [9.17, 15) is 26.3 Å². The number of hydrogen-bond donors (Lipinski definition) is 1. The molecular formula is C15H14BrF6N6+. The molecule has 3 heterocycles. The Labute approximate surface area is 163 Å². The molecule has 28 heavy (non-hydrogen) atoms. The zero-order valence-corrected chi connectivity index (χ0v) is 16.3. The van der Waals surface area contributed by atoms with Gasteiger partial charge in [0, 0.05) is 13.0 Å². The van der Waals surface area contributed by atoms with E-state index >= 15 is 0 Å². The van der Waals surface area contributed by atoms with Crippen LogP contribution in [0.4, 0.5) is 26.3 Å². The summed E-state index contributed by atoms with van der Waals surface area (Å²) in [4.78, 5) is 1.25. The number of aromatic nitrogens is 4. The van der Waals surface area contributed by atoms with Crippen molar-refractivity contribution in [1.82, 2.24) is 19.7 Å². The molecule has 1 aliphatic rings. The molecule has 2 aromatic heterocycles. The van der Waals surface area contributed by atoms with Gasteiger partial charge < -0.3 is 0 Å². The molecule has 0 saturated heterocycles. The van der Waals surface area contributed by atoms with Crippen molar-refractivity contribution in [3.8, 4) is 0 Å². The summed E-state index contributed by atoms with van der Waals surface area (Å²) in [5.74, 6) is 0. The van der Waals surface area contributed by atoms with Crippen LogP contribution in [0.25, 0.3) is 5.70 Å². The lowest BCUT2D eigenvalue weighted by Crippen LogP contribution is -3.07. The van der Waals surface area contributed by atoms with Crippen LogP contribution in [0, 0.1) is 6.92 Å². The molecule has 0 fully saturated rings. The molecule has 3 rings (SSSR count). The standard InChI is InChI=1S/C15H13BrF6N6/c1-4-9-5-7(2)27(23-9)28-8(3)12(13(25-28)15(20,21)22)26-11(16)6-10(24-26)14(17,18)19/h5-6H,4H2,1-3H3/p+1. The fraction of sp³-hybridized carbons (Fsp3) is 0.400. The zero-order valence-electron chi connectivity index (χ0n) is 14.7. The Hall–Kier alpha value is -2.15. The van der Waals surface area contributed by atoms with Crippen molar-refractivity contribution in [2.75, 3.05) is 0 Å². The quantitative estimate of drug-likeness (QED) is 0.699. The second-order valence-corrected chi connectivity index (χ2v) is 6.87. The Kier molecular flexibility index (Phi) is 4.94. The van der Waals surface area contributed by atoms with Gasteiger partial charge in [-0.3, -0.25) is 0 Å². The molecule has 0 amide bonds. The summed E-state index contributed by atoms with van der Waals surface area (Å²) in [6.45, 7) is 4.82. The van der Waals surface area contributed by atoms with Gasteiger partial charge in [0.15, 0.2) is 17.1 Å². The van der Waals surface area contributed by atoms with Crippen LogP contribution in [-0.2, 0) is 12.6 Å². The first-order chi connectivity index (χ1) is 12.8. The molecule has 1 unspecified atom stereocenters. The highest BCUT2D eigenvalue weighted by Gasteiger charge is 2.50. The van der Waals surface area contributed by atoms with E-state index in [1.54, 1.807) is 13.0 Å². The number of aryl methyl sites for hydroxylation is 2. The lowest BCUT2D eigenvalue weighted by atomic mass is 10.2. The van der Waals surface area contributed by atoms with Crippen molar-refractivity contribution < 1.29 is 31.5 Å². The first kappa shape index (κ1) is 20.6. The van der Waals surface area contributed by atoms with Crippen molar-refractivity contribution in [1.29, 1.82) is 0 Å². The third kappa shape index (κ3) is 3.48. The minimum atomic E-state index is -4.91. The van der Waals surface area contributed by atoms with Crippen LogP contribution in [0.1, 0.15) is 30.9 Å². The summed E-state index contributed by atoms with van der Waals surface area (Å²) in [6, 6.07) is 2.31. The van der Waals surface area contributed by atoms with Gasteiger partial charge in [0.05, 0.1) is 11.4 Å². The maximum Gasteiger partial charge on any atom is 0.441 e. The molecule has 13 heteroatoms. The molecule has 0 bridgehead atoms. The van der Waals surface area contributed by atoms with E-state index in [1.165, 1.54) is 11.7 Å². The van der Waals surface area contributed by atoms with E-state index in [0.717, 1.165) is 0 Å². The molecule has 2 aromatic rings. The Morgan fingerprint density at radius 2 is 1.68 bits per heavy atom. The number of nitrogens with one attached hydrogen (secondary N) is 1. The lowest BCUT2D eigenvalue weighted by Gasteiger charge is -2.10. The number of nitrogens with zero attached hydrogens (tertiary/aromatic N) is 5. The van der Waals surface area contributed by atoms with Gasteiger partial charge in [-0.1, -0.05) is 16.8 Å². The molecule has 1 aliphatic heterocycles. The highest BCUT2D eigenvalue weighted by atomic mass is 79.9. The average molecular weight is 472 g/mol. The maximum absolute atomic E-state index is 13.6. The molecule has 1 atom stereocenters. The zero-order chi connectivity index (χ0) is 21.0. The van der Waals surface area contributed by atoms with Crippen LogP contribution < -0.4 is 5.12 Å². The maximum atomic E-state index is 13.6. The molecule has 6 nitrogen and oxygen atoms in total. The summed E-state index contributed by atoms with van der Waals surface area (Å²) in [6.07, 6.45) is -9.15. The fourth-order valence-electron chi connectivity index (χ4n) is 2.77. The van der Waals surface area contributed by atoms with E-state index in [2.05, 4.69) is 31.2 Å². The molecule has 0 radical (unpaired) electrons. The van der Waals surface area contributed by atoms with Crippen molar-refractivity contribution in [3.05, 3.63) is 39.5 Å². The summed E-state index contributed by atoms with van der Waals surface area (Å²) >= 11 is 2.86. The average Bonchev–Trinajstić information content (AvgIpc) is 3.21. The predicted molar refractivity (Wildman–Crippen MR) is 90.0 cm³/mol. The van der Waals surface area contributed by atoms with Crippen molar-refractivity contribution >= 4 is 27.3 Å². The van der Waals surface area contributed by atoms with Gasteiger partial charge in [-0.05, 0) is 40.4 Å². The molecule has 0 saturated carbocycles. The second kappa shape index (κ2) is 6.72. The Bertz CT molecular complexity index is 980. The van der Waals surface area contributed by atoms with Crippen LogP contribution in [0.3, 0.4) is 0 Å². The van der Waals surface area contributed by atoms with Gasteiger partial charge in [-0.2, -0.15) is 31.4 Å². The van der Waals surface area contributed by atoms with Gasteiger partial charge in [-0.15, -0.1) is 5.10 Å². The van der Waals surface area contributed by atoms with Crippen LogP contribution in [-0.4, -0.2) is 31.6 Å². The second-order valence-electron chi connectivity index (χ2n) is 6.06. The third-order valence-electron chi connectivity index (χ3n) is 4.07. The van der Waals surface area contributed by atoms with Gasteiger partial charge in [-0.25, -0.2) is 4.68 Å². The van der Waals surface area contributed by atoms with Crippen LogP contribution in [0.5, 0.6) is 0 Å². The number of rotatable bonds is 3. The molecule has 0 aromatic carbocycles. The first-order valence-corrected chi connectivity index (χ1v) is 8.77. The highest BCUT2D eigenvalue weighted by molar-refractivity contribution is 9.10. The Balaban J connectivity index is 2.20. The topological polar surface area (TPSA) is 52.4 Å². The number of quaternary nitrogens is 1. The van der Waals surface area contributed by atoms with Crippen LogP contribution in [0.15, 0.2) is 27.5 Å². The van der Waals surface area contributed by atoms with Gasteiger partial charge in [0.2, 0.25) is 5.71 Å². The van der Waals surface area contributed by atoms with Gasteiger partial charge in [0.1, 0.15) is 4.60 Å². The van der Waals surface area contributed by atoms with E-state index in [-0.39, 0.29) is 15.4 Å². The molecule has 0 spiro atoms. The van der Waals surface area contributed by atoms with Gasteiger partial charge >= 0.3 is 12.4 Å². The lowest BCUT2D eigenvalue weighted by molar-refractivity contribution is -0.918. The molecule has 152 valence electrons. The monoisotopic (exact) mass is 471 g/mol. The Morgan fingerprint density at radius 1 is 1.04 bits per heavy atom. The molecule has 0 aliphatic carbocycles. The highest BCUT2D eigenvalue weighted by Crippen LogP contribution is 2.34. The largest absolute Gasteiger partial charge is 0.441 e. The fourth-order valence-corrected chi connectivity index (χ4v) is 3.24.